The molecule has 2 unspecified atom stereocenters. The third-order valence-electron chi connectivity index (χ3n) is 3.10. The minimum atomic E-state index is -0.966. The first-order valence-electron chi connectivity index (χ1n) is 6.88. The number of ether oxygens (including phenoxy) is 1. The van der Waals surface area contributed by atoms with Gasteiger partial charge in [-0.1, -0.05) is 26.0 Å². The Morgan fingerprint density at radius 2 is 1.89 bits per heavy atom. The predicted molar refractivity (Wildman–Crippen MR) is 80.9 cm³/mol. The maximum Gasteiger partial charge on any atom is 0.0706 e. The zero-order valence-electron chi connectivity index (χ0n) is 12.1. The van der Waals surface area contributed by atoms with Crippen molar-refractivity contribution in [3.63, 3.8) is 0 Å². The van der Waals surface area contributed by atoms with Gasteiger partial charge in [0.05, 0.1) is 16.9 Å². The third-order valence-corrected chi connectivity index (χ3v) is 4.50. The lowest BCUT2D eigenvalue weighted by Gasteiger charge is -2.14. The fraction of sp³-hybridized carbons (Fsp3) is 0.600. The van der Waals surface area contributed by atoms with Gasteiger partial charge in [-0.05, 0) is 37.0 Å². The molecule has 2 N–H and O–H groups in total. The van der Waals surface area contributed by atoms with Gasteiger partial charge < -0.3 is 10.5 Å². The standard InChI is InChI=1S/C15H25NO2S/c1-4-18-14(11-16)9-10-19(17)15-7-5-13(6-8-15)12(2)3/h5-8,12,14H,4,9-11,16H2,1-3H3. The van der Waals surface area contributed by atoms with Crippen molar-refractivity contribution in [2.75, 3.05) is 18.9 Å². The second kappa shape index (κ2) is 8.46. The van der Waals surface area contributed by atoms with Crippen LogP contribution in [0.2, 0.25) is 0 Å². The van der Waals surface area contributed by atoms with Crippen LogP contribution in [0.4, 0.5) is 0 Å². The summed E-state index contributed by atoms with van der Waals surface area (Å²) in [5.41, 5.74) is 6.89. The summed E-state index contributed by atoms with van der Waals surface area (Å²) in [5.74, 6) is 1.10. The SMILES string of the molecule is CCOC(CN)CCS(=O)c1ccc(C(C)C)cc1. The molecule has 2 atom stereocenters. The molecule has 0 heterocycles. The van der Waals surface area contributed by atoms with Gasteiger partial charge in [-0.25, -0.2) is 0 Å². The number of benzene rings is 1. The second-order valence-electron chi connectivity index (χ2n) is 4.88. The molecule has 0 amide bonds. The fourth-order valence-corrected chi connectivity index (χ4v) is 3.02. The van der Waals surface area contributed by atoms with E-state index in [4.69, 9.17) is 10.5 Å². The average molecular weight is 283 g/mol. The second-order valence-corrected chi connectivity index (χ2v) is 6.45. The Bertz CT molecular complexity index is 390. The quantitative estimate of drug-likeness (QED) is 0.798. The van der Waals surface area contributed by atoms with Gasteiger partial charge in [0.15, 0.2) is 0 Å². The maximum atomic E-state index is 12.2. The van der Waals surface area contributed by atoms with Crippen molar-refractivity contribution < 1.29 is 8.95 Å². The molecule has 1 aromatic carbocycles. The minimum absolute atomic E-state index is 0.0175. The Kier molecular flexibility index (Phi) is 7.28. The van der Waals surface area contributed by atoms with E-state index in [2.05, 4.69) is 26.0 Å². The molecule has 19 heavy (non-hydrogen) atoms. The van der Waals surface area contributed by atoms with Crippen LogP contribution in [0.3, 0.4) is 0 Å². The molecule has 0 spiro atoms. The molecule has 1 aromatic rings. The summed E-state index contributed by atoms with van der Waals surface area (Å²) in [6.07, 6.45) is 0.756. The topological polar surface area (TPSA) is 52.3 Å². The third kappa shape index (κ3) is 5.43. The van der Waals surface area contributed by atoms with E-state index < -0.39 is 10.8 Å². The van der Waals surface area contributed by atoms with Crippen LogP contribution in [0.1, 0.15) is 38.7 Å². The Labute approximate surface area is 119 Å². The van der Waals surface area contributed by atoms with E-state index in [-0.39, 0.29) is 6.10 Å². The predicted octanol–water partition coefficient (Wildman–Crippen LogP) is 2.67. The molecule has 0 fully saturated rings. The number of hydrogen-bond donors (Lipinski definition) is 1. The Morgan fingerprint density at radius 3 is 2.37 bits per heavy atom. The highest BCUT2D eigenvalue weighted by Gasteiger charge is 2.10. The lowest BCUT2D eigenvalue weighted by atomic mass is 10.0. The van der Waals surface area contributed by atoms with Crippen molar-refractivity contribution in [3.05, 3.63) is 29.8 Å². The zero-order chi connectivity index (χ0) is 14.3. The van der Waals surface area contributed by atoms with E-state index >= 15 is 0 Å². The van der Waals surface area contributed by atoms with Gasteiger partial charge in [0.1, 0.15) is 0 Å². The average Bonchev–Trinajstić information content (AvgIpc) is 2.43. The lowest BCUT2D eigenvalue weighted by Crippen LogP contribution is -2.25. The van der Waals surface area contributed by atoms with Crippen LogP contribution in [0.5, 0.6) is 0 Å². The van der Waals surface area contributed by atoms with Crippen molar-refractivity contribution in [1.82, 2.24) is 0 Å². The van der Waals surface area contributed by atoms with Crippen LogP contribution in [0.25, 0.3) is 0 Å². The smallest absolute Gasteiger partial charge is 0.0706 e. The summed E-state index contributed by atoms with van der Waals surface area (Å²) in [5, 5.41) is 0. The molecule has 3 nitrogen and oxygen atoms in total. The molecular weight excluding hydrogens is 258 g/mol. The molecule has 0 saturated carbocycles. The lowest BCUT2D eigenvalue weighted by molar-refractivity contribution is 0.0672. The van der Waals surface area contributed by atoms with Crippen molar-refractivity contribution in [3.8, 4) is 0 Å². The van der Waals surface area contributed by atoms with Crippen LogP contribution >= 0.6 is 0 Å². The molecule has 0 radical (unpaired) electrons. The summed E-state index contributed by atoms with van der Waals surface area (Å²) in [6, 6.07) is 8.04. The van der Waals surface area contributed by atoms with Crippen molar-refractivity contribution in [2.24, 2.45) is 5.73 Å². The summed E-state index contributed by atoms with van der Waals surface area (Å²) in [4.78, 5) is 0.886. The monoisotopic (exact) mass is 283 g/mol. The van der Waals surface area contributed by atoms with Gasteiger partial charge in [-0.3, -0.25) is 4.21 Å². The van der Waals surface area contributed by atoms with E-state index in [1.54, 1.807) is 0 Å². The van der Waals surface area contributed by atoms with E-state index in [9.17, 15) is 4.21 Å². The molecule has 0 aliphatic carbocycles. The van der Waals surface area contributed by atoms with Crippen molar-refractivity contribution in [1.29, 1.82) is 0 Å². The summed E-state index contributed by atoms with van der Waals surface area (Å²) in [6.45, 7) is 7.39. The molecule has 0 aromatic heterocycles. The van der Waals surface area contributed by atoms with Crippen molar-refractivity contribution in [2.45, 2.75) is 44.1 Å². The number of nitrogens with two attached hydrogens (primary N) is 1. The maximum absolute atomic E-state index is 12.2. The van der Waals surface area contributed by atoms with Crippen LogP contribution in [-0.2, 0) is 15.5 Å². The largest absolute Gasteiger partial charge is 0.377 e. The molecule has 0 aliphatic rings. The van der Waals surface area contributed by atoms with Crippen LogP contribution in [-0.4, -0.2) is 29.2 Å². The van der Waals surface area contributed by atoms with E-state index in [0.29, 0.717) is 24.8 Å². The van der Waals surface area contributed by atoms with Gasteiger partial charge in [0, 0.05) is 23.8 Å². The van der Waals surface area contributed by atoms with E-state index in [1.807, 2.05) is 19.1 Å². The van der Waals surface area contributed by atoms with E-state index in [1.165, 1.54) is 5.56 Å². The van der Waals surface area contributed by atoms with Gasteiger partial charge in [-0.2, -0.15) is 0 Å². The van der Waals surface area contributed by atoms with Gasteiger partial charge in [-0.15, -0.1) is 0 Å². The van der Waals surface area contributed by atoms with Crippen LogP contribution < -0.4 is 5.73 Å². The summed E-state index contributed by atoms with van der Waals surface area (Å²) in [7, 11) is -0.966. The number of hydrogen-bond acceptors (Lipinski definition) is 3. The Morgan fingerprint density at radius 1 is 1.26 bits per heavy atom. The minimum Gasteiger partial charge on any atom is -0.377 e. The highest BCUT2D eigenvalue weighted by atomic mass is 32.2. The van der Waals surface area contributed by atoms with Gasteiger partial charge in [0.25, 0.3) is 0 Å². The van der Waals surface area contributed by atoms with Crippen LogP contribution in [0.15, 0.2) is 29.2 Å². The molecule has 108 valence electrons. The molecule has 1 rings (SSSR count). The molecular formula is C15H25NO2S. The summed E-state index contributed by atoms with van der Waals surface area (Å²) < 4.78 is 17.6. The number of rotatable bonds is 8. The first-order valence-corrected chi connectivity index (χ1v) is 8.20. The molecule has 0 aliphatic heterocycles. The van der Waals surface area contributed by atoms with Crippen molar-refractivity contribution >= 4 is 10.8 Å². The van der Waals surface area contributed by atoms with Gasteiger partial charge >= 0.3 is 0 Å². The molecule has 0 saturated heterocycles. The normalized spacial score (nSPS) is 14.6. The highest BCUT2D eigenvalue weighted by Crippen LogP contribution is 2.17. The van der Waals surface area contributed by atoms with E-state index in [0.717, 1.165) is 11.3 Å². The highest BCUT2D eigenvalue weighted by molar-refractivity contribution is 7.85. The summed E-state index contributed by atoms with van der Waals surface area (Å²) >= 11 is 0. The molecule has 4 heteroatoms. The zero-order valence-corrected chi connectivity index (χ0v) is 12.9. The van der Waals surface area contributed by atoms with Gasteiger partial charge in [0.2, 0.25) is 0 Å². The fourth-order valence-electron chi connectivity index (χ4n) is 1.87. The Balaban J connectivity index is 2.53. The Hall–Kier alpha value is -0.710. The van der Waals surface area contributed by atoms with Crippen LogP contribution in [0, 0.1) is 0 Å². The molecule has 0 bridgehead atoms. The first kappa shape index (κ1) is 16.3. The first-order chi connectivity index (χ1) is 9.08.